The number of nitrogens with one attached hydrogen (secondary N) is 1. The molecule has 2 heteroatoms. The molecule has 0 aromatic heterocycles. The van der Waals surface area contributed by atoms with Crippen molar-refractivity contribution in [3.05, 3.63) is 0 Å². The maximum atomic E-state index is 3.77. The zero-order chi connectivity index (χ0) is 13.2. The first-order valence-electron chi connectivity index (χ1n) is 7.86. The summed E-state index contributed by atoms with van der Waals surface area (Å²) in [4.78, 5) is 2.63. The van der Waals surface area contributed by atoms with Gasteiger partial charge >= 0.3 is 0 Å². The SMILES string of the molecule is CN(CC1(CNC(C)(C)C)CCCCC1)C1CC1. The smallest absolute Gasteiger partial charge is 0.00967 e. The first kappa shape index (κ1) is 14.3. The number of nitrogens with zero attached hydrogens (tertiary/aromatic N) is 1. The van der Waals surface area contributed by atoms with Crippen LogP contribution in [0.1, 0.15) is 65.7 Å². The second-order valence-electron chi connectivity index (χ2n) is 7.81. The van der Waals surface area contributed by atoms with Crippen LogP contribution in [0.4, 0.5) is 0 Å². The fourth-order valence-corrected chi connectivity index (χ4v) is 3.32. The molecule has 2 aliphatic rings. The molecule has 2 aliphatic carbocycles. The van der Waals surface area contributed by atoms with Crippen LogP contribution < -0.4 is 5.32 Å². The zero-order valence-corrected chi connectivity index (χ0v) is 12.9. The highest BCUT2D eigenvalue weighted by Crippen LogP contribution is 2.39. The molecule has 0 radical (unpaired) electrons. The van der Waals surface area contributed by atoms with Crippen molar-refractivity contribution in [3.63, 3.8) is 0 Å². The first-order chi connectivity index (χ1) is 8.40. The topological polar surface area (TPSA) is 15.3 Å². The van der Waals surface area contributed by atoms with Crippen molar-refractivity contribution in [2.45, 2.75) is 77.3 Å². The highest BCUT2D eigenvalue weighted by molar-refractivity contribution is 4.93. The van der Waals surface area contributed by atoms with E-state index in [1.165, 1.54) is 58.0 Å². The van der Waals surface area contributed by atoms with E-state index < -0.39 is 0 Å². The summed E-state index contributed by atoms with van der Waals surface area (Å²) in [6.07, 6.45) is 10.0. The Bertz CT molecular complexity index is 257. The van der Waals surface area contributed by atoms with E-state index in [1.54, 1.807) is 0 Å². The van der Waals surface area contributed by atoms with Gasteiger partial charge in [-0.1, -0.05) is 19.3 Å². The Kier molecular flexibility index (Phi) is 4.38. The maximum Gasteiger partial charge on any atom is 0.00967 e. The third-order valence-electron chi connectivity index (χ3n) is 4.66. The van der Waals surface area contributed by atoms with Crippen LogP contribution in [-0.4, -0.2) is 36.6 Å². The highest BCUT2D eigenvalue weighted by Gasteiger charge is 2.37. The van der Waals surface area contributed by atoms with Crippen LogP contribution in [0.3, 0.4) is 0 Å². The Morgan fingerprint density at radius 2 is 1.72 bits per heavy atom. The summed E-state index contributed by atoms with van der Waals surface area (Å²) >= 11 is 0. The van der Waals surface area contributed by atoms with Crippen molar-refractivity contribution in [1.29, 1.82) is 0 Å². The van der Waals surface area contributed by atoms with Gasteiger partial charge in [0, 0.05) is 24.7 Å². The molecule has 0 aromatic carbocycles. The van der Waals surface area contributed by atoms with Crippen molar-refractivity contribution in [2.24, 2.45) is 5.41 Å². The molecule has 0 atom stereocenters. The van der Waals surface area contributed by atoms with E-state index >= 15 is 0 Å². The zero-order valence-electron chi connectivity index (χ0n) is 12.9. The molecule has 0 unspecified atom stereocenters. The van der Waals surface area contributed by atoms with Gasteiger partial charge in [-0.2, -0.15) is 0 Å². The molecule has 18 heavy (non-hydrogen) atoms. The molecule has 0 bridgehead atoms. The minimum Gasteiger partial charge on any atom is -0.311 e. The van der Waals surface area contributed by atoms with Crippen molar-refractivity contribution < 1.29 is 0 Å². The van der Waals surface area contributed by atoms with Crippen LogP contribution in [0.2, 0.25) is 0 Å². The number of hydrogen-bond acceptors (Lipinski definition) is 2. The van der Waals surface area contributed by atoms with Gasteiger partial charge in [-0.25, -0.2) is 0 Å². The summed E-state index contributed by atoms with van der Waals surface area (Å²) in [6.45, 7) is 9.37. The van der Waals surface area contributed by atoms with Gasteiger partial charge < -0.3 is 10.2 Å². The van der Waals surface area contributed by atoms with E-state index in [0.717, 1.165) is 6.04 Å². The Balaban J connectivity index is 1.92. The lowest BCUT2D eigenvalue weighted by molar-refractivity contribution is 0.105. The monoisotopic (exact) mass is 252 g/mol. The fraction of sp³-hybridized carbons (Fsp3) is 1.00. The average Bonchev–Trinajstić information content (AvgIpc) is 3.11. The van der Waals surface area contributed by atoms with Gasteiger partial charge in [0.25, 0.3) is 0 Å². The van der Waals surface area contributed by atoms with Gasteiger partial charge in [-0.05, 0) is 58.9 Å². The van der Waals surface area contributed by atoms with Crippen molar-refractivity contribution >= 4 is 0 Å². The summed E-state index contributed by atoms with van der Waals surface area (Å²) in [5.41, 5.74) is 0.797. The second kappa shape index (κ2) is 5.50. The Morgan fingerprint density at radius 3 is 2.22 bits per heavy atom. The van der Waals surface area contributed by atoms with E-state index in [1.807, 2.05) is 0 Å². The van der Waals surface area contributed by atoms with Gasteiger partial charge in [0.05, 0.1) is 0 Å². The Labute approximate surface area is 114 Å². The molecule has 0 aromatic rings. The lowest BCUT2D eigenvalue weighted by Crippen LogP contribution is -2.49. The summed E-state index contributed by atoms with van der Waals surface area (Å²) in [5, 5.41) is 3.77. The van der Waals surface area contributed by atoms with Gasteiger partial charge in [0.1, 0.15) is 0 Å². The maximum absolute atomic E-state index is 3.77. The van der Waals surface area contributed by atoms with Gasteiger partial charge in [0.2, 0.25) is 0 Å². The molecule has 0 amide bonds. The molecule has 2 saturated carbocycles. The van der Waals surface area contributed by atoms with E-state index in [4.69, 9.17) is 0 Å². The van der Waals surface area contributed by atoms with Gasteiger partial charge in [-0.3, -0.25) is 0 Å². The Morgan fingerprint density at radius 1 is 1.11 bits per heavy atom. The van der Waals surface area contributed by atoms with Crippen molar-refractivity contribution in [2.75, 3.05) is 20.1 Å². The van der Waals surface area contributed by atoms with Crippen molar-refractivity contribution in [3.8, 4) is 0 Å². The third-order valence-corrected chi connectivity index (χ3v) is 4.66. The molecule has 0 spiro atoms. The Hall–Kier alpha value is -0.0800. The number of rotatable bonds is 5. The molecule has 0 heterocycles. The molecule has 0 aliphatic heterocycles. The summed E-state index contributed by atoms with van der Waals surface area (Å²) in [5.74, 6) is 0. The molecule has 2 fully saturated rings. The number of hydrogen-bond donors (Lipinski definition) is 1. The summed E-state index contributed by atoms with van der Waals surface area (Å²) in [6, 6.07) is 0.901. The molecule has 2 nitrogen and oxygen atoms in total. The lowest BCUT2D eigenvalue weighted by Gasteiger charge is -2.42. The van der Waals surface area contributed by atoms with Gasteiger partial charge in [0.15, 0.2) is 0 Å². The predicted octanol–water partition coefficient (Wildman–Crippen LogP) is 3.42. The first-order valence-corrected chi connectivity index (χ1v) is 7.86. The normalized spacial score (nSPS) is 24.5. The quantitative estimate of drug-likeness (QED) is 0.806. The van der Waals surface area contributed by atoms with E-state index in [2.05, 4.69) is 38.0 Å². The van der Waals surface area contributed by atoms with Crippen LogP contribution in [0, 0.1) is 5.41 Å². The minimum absolute atomic E-state index is 0.253. The van der Waals surface area contributed by atoms with Crippen molar-refractivity contribution in [1.82, 2.24) is 10.2 Å². The minimum atomic E-state index is 0.253. The van der Waals surface area contributed by atoms with Crippen LogP contribution >= 0.6 is 0 Å². The summed E-state index contributed by atoms with van der Waals surface area (Å²) < 4.78 is 0. The molecule has 0 saturated heterocycles. The largest absolute Gasteiger partial charge is 0.311 e. The van der Waals surface area contributed by atoms with Crippen LogP contribution in [0.5, 0.6) is 0 Å². The van der Waals surface area contributed by atoms with E-state index in [9.17, 15) is 0 Å². The lowest BCUT2D eigenvalue weighted by atomic mass is 9.73. The van der Waals surface area contributed by atoms with E-state index in [0.29, 0.717) is 5.41 Å². The molecular weight excluding hydrogens is 220 g/mol. The summed E-state index contributed by atoms with van der Waals surface area (Å²) in [7, 11) is 2.34. The standard InChI is InChI=1S/C16H32N2/c1-15(2,3)17-12-16(10-6-5-7-11-16)13-18(4)14-8-9-14/h14,17H,5-13H2,1-4H3. The highest BCUT2D eigenvalue weighted by atomic mass is 15.2. The second-order valence-corrected chi connectivity index (χ2v) is 7.81. The van der Waals surface area contributed by atoms with Gasteiger partial charge in [-0.15, -0.1) is 0 Å². The molecule has 1 N–H and O–H groups in total. The third kappa shape index (κ3) is 4.24. The van der Waals surface area contributed by atoms with Crippen LogP contribution in [0.15, 0.2) is 0 Å². The average molecular weight is 252 g/mol. The molecular formula is C16H32N2. The fourth-order valence-electron chi connectivity index (χ4n) is 3.32. The predicted molar refractivity (Wildman–Crippen MR) is 78.9 cm³/mol. The van der Waals surface area contributed by atoms with Crippen LogP contribution in [0.25, 0.3) is 0 Å². The van der Waals surface area contributed by atoms with E-state index in [-0.39, 0.29) is 5.54 Å². The molecule has 2 rings (SSSR count). The van der Waals surface area contributed by atoms with Crippen LogP contribution in [-0.2, 0) is 0 Å². The molecule has 106 valence electrons.